The van der Waals surface area contributed by atoms with Crippen molar-refractivity contribution in [2.75, 3.05) is 14.2 Å². The van der Waals surface area contributed by atoms with Gasteiger partial charge in [-0.1, -0.05) is 18.2 Å². The van der Waals surface area contributed by atoms with E-state index in [9.17, 15) is 14.7 Å². The molecule has 2 aromatic rings. The van der Waals surface area contributed by atoms with E-state index in [2.05, 4.69) is 5.32 Å². The van der Waals surface area contributed by atoms with Gasteiger partial charge in [0.1, 0.15) is 5.75 Å². The van der Waals surface area contributed by atoms with Crippen LogP contribution >= 0.6 is 0 Å². The molecule has 7 nitrogen and oxygen atoms in total. The van der Waals surface area contributed by atoms with Gasteiger partial charge in [-0.05, 0) is 68.5 Å². The number of methoxy groups -OCH3 is 2. The van der Waals surface area contributed by atoms with Crippen LogP contribution in [0, 0.1) is 0 Å². The summed E-state index contributed by atoms with van der Waals surface area (Å²) in [6.07, 6.45) is 0.612. The first-order valence-electron chi connectivity index (χ1n) is 11.7. The highest BCUT2D eigenvalue weighted by Gasteiger charge is 2.41. The Morgan fingerprint density at radius 3 is 2.29 bits per heavy atom. The molecule has 4 rings (SSSR count). The van der Waals surface area contributed by atoms with Crippen molar-refractivity contribution in [2.45, 2.75) is 51.6 Å². The fourth-order valence-corrected chi connectivity index (χ4v) is 4.93. The maximum atomic E-state index is 13.7. The van der Waals surface area contributed by atoms with Crippen LogP contribution in [0.25, 0.3) is 0 Å². The number of phenols is 1. The van der Waals surface area contributed by atoms with Crippen LogP contribution in [-0.2, 0) is 14.3 Å². The Bertz CT molecular complexity index is 1210. The van der Waals surface area contributed by atoms with E-state index in [4.69, 9.17) is 14.2 Å². The topological polar surface area (TPSA) is 94.1 Å². The molecular formula is C28H31NO6. The van der Waals surface area contributed by atoms with Crippen LogP contribution in [0.15, 0.2) is 65.0 Å². The highest BCUT2D eigenvalue weighted by atomic mass is 16.5. The Labute approximate surface area is 205 Å². The summed E-state index contributed by atoms with van der Waals surface area (Å²) >= 11 is 0. The molecule has 1 aliphatic heterocycles. The van der Waals surface area contributed by atoms with Crippen LogP contribution in [0.1, 0.15) is 56.6 Å². The lowest BCUT2D eigenvalue weighted by molar-refractivity contribution is -0.143. The summed E-state index contributed by atoms with van der Waals surface area (Å²) in [4.78, 5) is 26.8. The van der Waals surface area contributed by atoms with E-state index < -0.39 is 11.9 Å². The van der Waals surface area contributed by atoms with Crippen molar-refractivity contribution in [1.29, 1.82) is 0 Å². The number of allylic oxidation sites excluding steroid dienone is 3. The zero-order valence-electron chi connectivity index (χ0n) is 20.7. The van der Waals surface area contributed by atoms with Crippen LogP contribution in [-0.4, -0.2) is 37.2 Å². The van der Waals surface area contributed by atoms with Crippen molar-refractivity contribution >= 4 is 11.8 Å². The number of phenolic OH excluding ortho intramolecular Hbond substituents is 1. The second-order valence-electron chi connectivity index (χ2n) is 9.18. The van der Waals surface area contributed by atoms with Crippen molar-refractivity contribution in [2.24, 2.45) is 0 Å². The van der Waals surface area contributed by atoms with Gasteiger partial charge in [-0.3, -0.25) is 4.79 Å². The summed E-state index contributed by atoms with van der Waals surface area (Å²) in [5, 5.41) is 13.2. The smallest absolute Gasteiger partial charge is 0.337 e. The van der Waals surface area contributed by atoms with Crippen molar-refractivity contribution in [3.8, 4) is 17.2 Å². The Hall–Kier alpha value is -3.74. The fraction of sp³-hybridized carbons (Fsp3) is 0.357. The van der Waals surface area contributed by atoms with Gasteiger partial charge in [-0.25, -0.2) is 4.79 Å². The molecule has 2 aromatic carbocycles. The third kappa shape index (κ3) is 4.76. The number of ketones is 1. The number of dihydropyridines is 1. The number of hydrogen-bond donors (Lipinski definition) is 2. The van der Waals surface area contributed by atoms with Gasteiger partial charge < -0.3 is 24.6 Å². The van der Waals surface area contributed by atoms with E-state index in [1.807, 2.05) is 25.1 Å². The molecule has 0 spiro atoms. The molecule has 2 N–H and O–H groups in total. The summed E-state index contributed by atoms with van der Waals surface area (Å²) in [6, 6.07) is 12.4. The fourth-order valence-electron chi connectivity index (χ4n) is 4.93. The maximum Gasteiger partial charge on any atom is 0.337 e. The Kier molecular flexibility index (Phi) is 6.87. The van der Waals surface area contributed by atoms with E-state index in [0.29, 0.717) is 41.2 Å². The largest absolute Gasteiger partial charge is 0.508 e. The highest BCUT2D eigenvalue weighted by Crippen LogP contribution is 2.46. The molecule has 35 heavy (non-hydrogen) atoms. The van der Waals surface area contributed by atoms with Gasteiger partial charge in [0.2, 0.25) is 0 Å². The average Bonchev–Trinajstić information content (AvgIpc) is 2.82. The maximum absolute atomic E-state index is 13.7. The van der Waals surface area contributed by atoms with Crippen molar-refractivity contribution in [3.63, 3.8) is 0 Å². The molecule has 0 unspecified atom stereocenters. The van der Waals surface area contributed by atoms with Crippen LogP contribution in [0.3, 0.4) is 0 Å². The van der Waals surface area contributed by atoms with E-state index >= 15 is 0 Å². The number of Topliss-reactive ketones (excluding diaryl/α,β-unsaturated/α-hetero) is 1. The minimum atomic E-state index is -0.572. The molecule has 0 saturated heterocycles. The van der Waals surface area contributed by atoms with Gasteiger partial charge in [0, 0.05) is 29.3 Å². The molecule has 0 bridgehead atoms. The lowest BCUT2D eigenvalue weighted by atomic mass is 9.71. The summed E-state index contributed by atoms with van der Waals surface area (Å²) in [5.74, 6) is 0.262. The Morgan fingerprint density at radius 2 is 1.66 bits per heavy atom. The van der Waals surface area contributed by atoms with Crippen molar-refractivity contribution in [3.05, 3.63) is 76.1 Å². The normalized spacial score (nSPS) is 19.9. The predicted octanol–water partition coefficient (Wildman–Crippen LogP) is 4.72. The van der Waals surface area contributed by atoms with Crippen LogP contribution in [0.2, 0.25) is 0 Å². The van der Waals surface area contributed by atoms with Crippen LogP contribution in [0.4, 0.5) is 0 Å². The summed E-state index contributed by atoms with van der Waals surface area (Å²) in [6.45, 7) is 5.42. The quantitative estimate of drug-likeness (QED) is 0.581. The van der Waals surface area contributed by atoms with Gasteiger partial charge in [-0.15, -0.1) is 0 Å². The lowest BCUT2D eigenvalue weighted by Crippen LogP contribution is -2.36. The second-order valence-corrected chi connectivity index (χ2v) is 9.18. The summed E-state index contributed by atoms with van der Waals surface area (Å²) < 4.78 is 16.4. The third-order valence-corrected chi connectivity index (χ3v) is 6.50. The molecule has 0 fully saturated rings. The number of aromatic hydroxyl groups is 1. The highest BCUT2D eigenvalue weighted by molar-refractivity contribution is 6.04. The molecule has 0 aromatic heterocycles. The summed E-state index contributed by atoms with van der Waals surface area (Å²) in [5.41, 5.74) is 4.20. The van der Waals surface area contributed by atoms with Gasteiger partial charge >= 0.3 is 5.97 Å². The van der Waals surface area contributed by atoms with E-state index in [0.717, 1.165) is 16.8 Å². The zero-order chi connectivity index (χ0) is 25.3. The molecular weight excluding hydrogens is 446 g/mol. The number of nitrogens with one attached hydrogen (secondary N) is 1. The van der Waals surface area contributed by atoms with E-state index in [1.54, 1.807) is 52.3 Å². The van der Waals surface area contributed by atoms with Crippen LogP contribution < -0.4 is 14.8 Å². The van der Waals surface area contributed by atoms with Gasteiger partial charge in [0.05, 0.1) is 25.9 Å². The molecule has 184 valence electrons. The molecule has 1 aliphatic carbocycles. The number of rotatable bonds is 6. The Balaban J connectivity index is 1.77. The minimum Gasteiger partial charge on any atom is -0.508 e. The molecule has 2 atom stereocenters. The van der Waals surface area contributed by atoms with Gasteiger partial charge in [0.25, 0.3) is 0 Å². The molecule has 0 radical (unpaired) electrons. The van der Waals surface area contributed by atoms with Crippen LogP contribution in [0.5, 0.6) is 17.2 Å². The number of hydrogen-bond acceptors (Lipinski definition) is 7. The van der Waals surface area contributed by atoms with Gasteiger partial charge in [-0.2, -0.15) is 0 Å². The molecule has 7 heteroatoms. The molecule has 0 amide bonds. The van der Waals surface area contributed by atoms with E-state index in [1.165, 1.54) is 0 Å². The Morgan fingerprint density at radius 1 is 1.00 bits per heavy atom. The predicted molar refractivity (Wildman–Crippen MR) is 131 cm³/mol. The summed E-state index contributed by atoms with van der Waals surface area (Å²) in [7, 11) is 3.18. The number of esters is 1. The molecule has 2 aliphatic rings. The molecule has 0 saturated carbocycles. The standard InChI is InChI=1S/C28H31NO6/c1-15(2)35-28(32)25-16(3)29-21-12-19(18-8-11-23(33-4)24(14-18)34-5)13-22(31)27(21)26(25)17-6-9-20(30)10-7-17/h6-11,14-15,19,26,29-30H,12-13H2,1-5H3/t19-,26-/m1/s1. The number of benzene rings is 2. The third-order valence-electron chi connectivity index (χ3n) is 6.50. The van der Waals surface area contributed by atoms with Crippen molar-refractivity contribution in [1.82, 2.24) is 5.32 Å². The van der Waals surface area contributed by atoms with E-state index in [-0.39, 0.29) is 23.6 Å². The lowest BCUT2D eigenvalue weighted by Gasteiger charge is -2.37. The SMILES string of the molecule is COc1ccc([C@H]2CC(=O)C3=C(C2)NC(C)=C(C(=O)OC(C)C)[C@H]3c2ccc(O)cc2)cc1OC. The zero-order valence-corrected chi connectivity index (χ0v) is 20.7. The number of ether oxygens (including phenoxy) is 3. The van der Waals surface area contributed by atoms with Gasteiger partial charge in [0.15, 0.2) is 17.3 Å². The number of carbonyl (C=O) groups is 2. The minimum absolute atomic E-state index is 0.0287. The average molecular weight is 478 g/mol. The molecule has 1 heterocycles. The first-order chi connectivity index (χ1) is 16.7. The first kappa shape index (κ1) is 24.4. The van der Waals surface area contributed by atoms with Crippen molar-refractivity contribution < 1.29 is 28.9 Å². The monoisotopic (exact) mass is 477 g/mol. The second kappa shape index (κ2) is 9.86. The first-order valence-corrected chi connectivity index (χ1v) is 11.7. The number of carbonyl (C=O) groups excluding carboxylic acids is 2.